The molecule has 0 amide bonds. The molecule has 0 fully saturated rings. The predicted molar refractivity (Wildman–Crippen MR) is 91.6 cm³/mol. The highest BCUT2D eigenvalue weighted by Gasteiger charge is 2.13. The molecule has 1 aromatic rings. The monoisotopic (exact) mass is 322 g/mol. The van der Waals surface area contributed by atoms with Crippen LogP contribution in [-0.2, 0) is 16.0 Å². The maximum absolute atomic E-state index is 11.9. The molecule has 0 aromatic heterocycles. The highest BCUT2D eigenvalue weighted by Crippen LogP contribution is 2.24. The molecule has 0 aliphatic carbocycles. The smallest absolute Gasteiger partial charge is 0.306 e. The van der Waals surface area contributed by atoms with E-state index in [9.17, 15) is 15.0 Å². The SMILES string of the molecule is CCC(CCC(C)C)OC(=O)CCCCc1cc(O)ccc1O. The lowest BCUT2D eigenvalue weighted by molar-refractivity contribution is -0.149. The Kier molecular flexibility index (Phi) is 8.52. The molecule has 0 saturated heterocycles. The normalized spacial score (nSPS) is 12.3. The van der Waals surface area contributed by atoms with Crippen LogP contribution in [-0.4, -0.2) is 22.3 Å². The summed E-state index contributed by atoms with van der Waals surface area (Å²) in [5.74, 6) is 0.816. The molecule has 0 aliphatic rings. The van der Waals surface area contributed by atoms with Crippen LogP contribution in [0.5, 0.6) is 11.5 Å². The van der Waals surface area contributed by atoms with E-state index in [4.69, 9.17) is 4.74 Å². The van der Waals surface area contributed by atoms with Crippen molar-refractivity contribution in [3.05, 3.63) is 23.8 Å². The Balaban J connectivity index is 2.26. The lowest BCUT2D eigenvalue weighted by Gasteiger charge is -2.17. The number of phenolic OH excluding ortho intramolecular Hbond substituents is 2. The first-order valence-electron chi connectivity index (χ1n) is 8.62. The van der Waals surface area contributed by atoms with Gasteiger partial charge in [-0.15, -0.1) is 0 Å². The van der Waals surface area contributed by atoms with Gasteiger partial charge in [-0.2, -0.15) is 0 Å². The Labute approximate surface area is 139 Å². The van der Waals surface area contributed by atoms with Gasteiger partial charge in [0.15, 0.2) is 0 Å². The number of aryl methyl sites for hydroxylation is 1. The number of carbonyl (C=O) groups excluding carboxylic acids is 1. The molecule has 1 unspecified atom stereocenters. The number of aromatic hydroxyl groups is 2. The van der Waals surface area contributed by atoms with E-state index in [0.717, 1.165) is 25.7 Å². The minimum atomic E-state index is -0.138. The summed E-state index contributed by atoms with van der Waals surface area (Å²) in [7, 11) is 0. The Bertz CT molecular complexity index is 482. The molecule has 1 atom stereocenters. The van der Waals surface area contributed by atoms with E-state index in [1.54, 1.807) is 6.07 Å². The molecule has 0 aliphatic heterocycles. The lowest BCUT2D eigenvalue weighted by atomic mass is 10.0. The van der Waals surface area contributed by atoms with Crippen molar-refractivity contribution >= 4 is 5.97 Å². The summed E-state index contributed by atoms with van der Waals surface area (Å²) in [6, 6.07) is 4.50. The average Bonchev–Trinajstić information content (AvgIpc) is 2.51. The number of rotatable bonds is 10. The molecule has 0 bridgehead atoms. The molecule has 1 rings (SSSR count). The highest BCUT2D eigenvalue weighted by molar-refractivity contribution is 5.69. The van der Waals surface area contributed by atoms with Crippen molar-refractivity contribution in [1.29, 1.82) is 0 Å². The molecule has 130 valence electrons. The van der Waals surface area contributed by atoms with Crippen LogP contribution in [0, 0.1) is 5.92 Å². The Hall–Kier alpha value is -1.71. The van der Waals surface area contributed by atoms with Gasteiger partial charge in [0.05, 0.1) is 0 Å². The zero-order chi connectivity index (χ0) is 17.2. The average molecular weight is 322 g/mol. The summed E-state index contributed by atoms with van der Waals surface area (Å²) in [6.45, 7) is 6.39. The molecule has 1 aromatic carbocycles. The van der Waals surface area contributed by atoms with E-state index >= 15 is 0 Å². The van der Waals surface area contributed by atoms with E-state index in [1.807, 2.05) is 6.92 Å². The van der Waals surface area contributed by atoms with Crippen molar-refractivity contribution < 1.29 is 19.7 Å². The second-order valence-electron chi connectivity index (χ2n) is 6.51. The van der Waals surface area contributed by atoms with Crippen LogP contribution in [0.3, 0.4) is 0 Å². The fourth-order valence-electron chi connectivity index (χ4n) is 2.47. The van der Waals surface area contributed by atoms with Gasteiger partial charge in [0.1, 0.15) is 17.6 Å². The molecule has 0 heterocycles. The van der Waals surface area contributed by atoms with E-state index in [1.165, 1.54) is 12.1 Å². The molecule has 2 N–H and O–H groups in total. The number of ether oxygens (including phenoxy) is 1. The number of benzene rings is 1. The zero-order valence-electron chi connectivity index (χ0n) is 14.5. The van der Waals surface area contributed by atoms with Crippen LogP contribution in [0.4, 0.5) is 0 Å². The molecule has 4 heteroatoms. The molecule has 0 saturated carbocycles. The first-order valence-corrected chi connectivity index (χ1v) is 8.62. The fourth-order valence-corrected chi connectivity index (χ4v) is 2.47. The zero-order valence-corrected chi connectivity index (χ0v) is 14.5. The molecule has 0 spiro atoms. The summed E-state index contributed by atoms with van der Waals surface area (Å²) in [5.41, 5.74) is 0.710. The molecular formula is C19H30O4. The third kappa shape index (κ3) is 7.91. The predicted octanol–water partition coefficient (Wildman–Crippen LogP) is 4.57. The highest BCUT2D eigenvalue weighted by atomic mass is 16.5. The summed E-state index contributed by atoms with van der Waals surface area (Å²) < 4.78 is 5.52. The number of carbonyl (C=O) groups is 1. The van der Waals surface area contributed by atoms with Crippen molar-refractivity contribution in [2.75, 3.05) is 0 Å². The Morgan fingerprint density at radius 1 is 1.17 bits per heavy atom. The Morgan fingerprint density at radius 2 is 1.91 bits per heavy atom. The largest absolute Gasteiger partial charge is 0.508 e. The van der Waals surface area contributed by atoms with E-state index in [2.05, 4.69) is 13.8 Å². The third-order valence-corrected chi connectivity index (χ3v) is 3.96. The van der Waals surface area contributed by atoms with Gasteiger partial charge in [-0.25, -0.2) is 0 Å². The van der Waals surface area contributed by atoms with Crippen LogP contribution < -0.4 is 0 Å². The van der Waals surface area contributed by atoms with Crippen LogP contribution in [0.2, 0.25) is 0 Å². The molecule has 4 nitrogen and oxygen atoms in total. The van der Waals surface area contributed by atoms with Crippen molar-refractivity contribution in [2.45, 2.75) is 71.8 Å². The van der Waals surface area contributed by atoms with Crippen molar-refractivity contribution in [2.24, 2.45) is 5.92 Å². The standard InChI is InChI=1S/C19H30O4/c1-4-17(11-9-14(2)3)23-19(22)8-6-5-7-15-13-16(20)10-12-18(15)21/h10,12-14,17,20-21H,4-9,11H2,1-3H3. The summed E-state index contributed by atoms with van der Waals surface area (Å²) in [4.78, 5) is 11.9. The maximum Gasteiger partial charge on any atom is 0.306 e. The van der Waals surface area contributed by atoms with Gasteiger partial charge >= 0.3 is 5.97 Å². The van der Waals surface area contributed by atoms with Crippen molar-refractivity contribution in [3.8, 4) is 11.5 Å². The van der Waals surface area contributed by atoms with Gasteiger partial charge in [-0.05, 0) is 68.2 Å². The maximum atomic E-state index is 11.9. The van der Waals surface area contributed by atoms with Gasteiger partial charge in [0.2, 0.25) is 0 Å². The number of hydrogen-bond donors (Lipinski definition) is 2. The van der Waals surface area contributed by atoms with Gasteiger partial charge in [-0.3, -0.25) is 4.79 Å². The van der Waals surface area contributed by atoms with Crippen LogP contribution >= 0.6 is 0 Å². The number of unbranched alkanes of at least 4 members (excludes halogenated alkanes) is 1. The first-order chi connectivity index (χ1) is 10.9. The summed E-state index contributed by atoms with van der Waals surface area (Å²) in [5, 5.41) is 19.1. The second-order valence-corrected chi connectivity index (χ2v) is 6.51. The van der Waals surface area contributed by atoms with Gasteiger partial charge in [0.25, 0.3) is 0 Å². The summed E-state index contributed by atoms with van der Waals surface area (Å²) in [6.07, 6.45) is 5.41. The Morgan fingerprint density at radius 3 is 2.57 bits per heavy atom. The van der Waals surface area contributed by atoms with E-state index in [-0.39, 0.29) is 23.6 Å². The number of esters is 1. The number of phenols is 2. The van der Waals surface area contributed by atoms with Crippen LogP contribution in [0.25, 0.3) is 0 Å². The first kappa shape index (κ1) is 19.3. The lowest BCUT2D eigenvalue weighted by Crippen LogP contribution is -2.18. The van der Waals surface area contributed by atoms with Gasteiger partial charge in [0, 0.05) is 6.42 Å². The fraction of sp³-hybridized carbons (Fsp3) is 0.632. The van der Waals surface area contributed by atoms with E-state index in [0.29, 0.717) is 30.7 Å². The number of hydrogen-bond acceptors (Lipinski definition) is 4. The molecule has 23 heavy (non-hydrogen) atoms. The van der Waals surface area contributed by atoms with E-state index < -0.39 is 0 Å². The van der Waals surface area contributed by atoms with Crippen LogP contribution in [0.1, 0.15) is 64.9 Å². The molecular weight excluding hydrogens is 292 g/mol. The van der Waals surface area contributed by atoms with Crippen LogP contribution in [0.15, 0.2) is 18.2 Å². The quantitative estimate of drug-likeness (QED) is 0.376. The second kappa shape index (κ2) is 10.1. The van der Waals surface area contributed by atoms with Crippen molar-refractivity contribution in [3.63, 3.8) is 0 Å². The van der Waals surface area contributed by atoms with Crippen molar-refractivity contribution in [1.82, 2.24) is 0 Å². The summed E-state index contributed by atoms with van der Waals surface area (Å²) >= 11 is 0. The minimum Gasteiger partial charge on any atom is -0.508 e. The third-order valence-electron chi connectivity index (χ3n) is 3.96. The van der Waals surface area contributed by atoms with Gasteiger partial charge < -0.3 is 14.9 Å². The van der Waals surface area contributed by atoms with Gasteiger partial charge in [-0.1, -0.05) is 20.8 Å². The topological polar surface area (TPSA) is 66.8 Å². The molecule has 0 radical (unpaired) electrons. The minimum absolute atomic E-state index is 0.0278.